The van der Waals surface area contributed by atoms with Crippen molar-refractivity contribution in [3.8, 4) is 6.07 Å². The minimum atomic E-state index is 0.336. The molecule has 0 radical (unpaired) electrons. The van der Waals surface area contributed by atoms with Crippen LogP contribution in [0.4, 0.5) is 0 Å². The van der Waals surface area contributed by atoms with Gasteiger partial charge in [-0.3, -0.25) is 0 Å². The summed E-state index contributed by atoms with van der Waals surface area (Å²) in [5.41, 5.74) is 0. The second-order valence-corrected chi connectivity index (χ2v) is 2.16. The lowest BCUT2D eigenvalue weighted by molar-refractivity contribution is 0.534. The Hall–Kier alpha value is -0.810. The number of hydrogen-bond donors (Lipinski definition) is 1. The largest absolute Gasteiger partial charge is 0.310 e. The summed E-state index contributed by atoms with van der Waals surface area (Å²) < 4.78 is 0. The van der Waals surface area contributed by atoms with Crippen molar-refractivity contribution in [3.63, 3.8) is 0 Å². The van der Waals surface area contributed by atoms with Crippen LogP contribution in [0, 0.1) is 11.3 Å². The van der Waals surface area contributed by atoms with Crippen LogP contribution in [0.3, 0.4) is 0 Å². The highest BCUT2D eigenvalue weighted by molar-refractivity contribution is 4.82. The normalized spacial score (nSPS) is 12.0. The molecule has 0 saturated heterocycles. The second-order valence-electron chi connectivity index (χ2n) is 2.16. The van der Waals surface area contributed by atoms with E-state index in [1.54, 1.807) is 6.08 Å². The van der Waals surface area contributed by atoms with Crippen molar-refractivity contribution in [2.45, 2.75) is 25.8 Å². The molecule has 1 N–H and O–H groups in total. The van der Waals surface area contributed by atoms with Crippen LogP contribution in [0.1, 0.15) is 19.8 Å². The van der Waals surface area contributed by atoms with Crippen LogP contribution in [-0.4, -0.2) is 12.6 Å². The average molecular weight is 138 g/mol. The van der Waals surface area contributed by atoms with Gasteiger partial charge >= 0.3 is 0 Å². The Balaban J connectivity index is 3.41. The van der Waals surface area contributed by atoms with E-state index in [0.717, 1.165) is 13.0 Å². The predicted octanol–water partition coefficient (Wildman–Crippen LogP) is 1.45. The lowest BCUT2D eigenvalue weighted by Gasteiger charge is -2.10. The molecular weight excluding hydrogens is 124 g/mol. The fourth-order valence-electron chi connectivity index (χ4n) is 0.721. The van der Waals surface area contributed by atoms with Gasteiger partial charge in [0.05, 0.1) is 12.5 Å². The molecule has 0 aliphatic heterocycles. The van der Waals surface area contributed by atoms with Crippen LogP contribution in [0.25, 0.3) is 0 Å². The molecule has 0 heterocycles. The number of rotatable bonds is 5. The van der Waals surface area contributed by atoms with Gasteiger partial charge in [-0.15, -0.1) is 6.58 Å². The van der Waals surface area contributed by atoms with E-state index in [4.69, 9.17) is 5.26 Å². The average Bonchev–Trinajstić information content (AvgIpc) is 1.98. The van der Waals surface area contributed by atoms with Gasteiger partial charge in [0, 0.05) is 12.6 Å². The van der Waals surface area contributed by atoms with Gasteiger partial charge in [-0.25, -0.2) is 0 Å². The van der Waals surface area contributed by atoms with Gasteiger partial charge in [-0.05, 0) is 6.42 Å². The highest BCUT2D eigenvalue weighted by Gasteiger charge is 2.00. The first-order chi connectivity index (χ1) is 4.85. The molecule has 0 bridgehead atoms. The summed E-state index contributed by atoms with van der Waals surface area (Å²) in [6, 6.07) is 2.47. The first-order valence-electron chi connectivity index (χ1n) is 3.56. The topological polar surface area (TPSA) is 35.8 Å². The van der Waals surface area contributed by atoms with Gasteiger partial charge in [0.15, 0.2) is 0 Å². The minimum absolute atomic E-state index is 0.336. The quantitative estimate of drug-likeness (QED) is 0.584. The minimum Gasteiger partial charge on any atom is -0.310 e. The first kappa shape index (κ1) is 9.19. The molecule has 0 aromatic carbocycles. The van der Waals surface area contributed by atoms with E-state index < -0.39 is 0 Å². The predicted molar refractivity (Wildman–Crippen MR) is 42.5 cm³/mol. The number of nitrogens with one attached hydrogen (secondary N) is 1. The first-order valence-corrected chi connectivity index (χ1v) is 3.56. The molecule has 0 rings (SSSR count). The van der Waals surface area contributed by atoms with Crippen LogP contribution < -0.4 is 5.32 Å². The van der Waals surface area contributed by atoms with Gasteiger partial charge in [-0.2, -0.15) is 5.26 Å². The monoisotopic (exact) mass is 138 g/mol. The molecule has 0 spiro atoms. The fourth-order valence-corrected chi connectivity index (χ4v) is 0.721. The number of hydrogen-bond acceptors (Lipinski definition) is 2. The van der Waals surface area contributed by atoms with Crippen LogP contribution in [0.5, 0.6) is 0 Å². The summed E-state index contributed by atoms with van der Waals surface area (Å²) in [6.07, 6.45) is 3.39. The van der Waals surface area contributed by atoms with Crippen molar-refractivity contribution < 1.29 is 0 Å². The molecule has 0 aliphatic rings. The maximum Gasteiger partial charge on any atom is 0.0638 e. The Morgan fingerprint density at radius 1 is 1.80 bits per heavy atom. The van der Waals surface area contributed by atoms with E-state index >= 15 is 0 Å². The van der Waals surface area contributed by atoms with Crippen molar-refractivity contribution in [1.82, 2.24) is 5.32 Å². The summed E-state index contributed by atoms with van der Waals surface area (Å²) in [7, 11) is 0. The SMILES string of the molecule is C=CCNC(CC)CC#N. The molecule has 56 valence electrons. The molecule has 0 aromatic rings. The number of nitriles is 1. The summed E-state index contributed by atoms with van der Waals surface area (Å²) in [5, 5.41) is 11.5. The Bertz CT molecular complexity index is 124. The van der Waals surface area contributed by atoms with Gasteiger partial charge in [0.2, 0.25) is 0 Å². The molecule has 0 saturated carbocycles. The third-order valence-electron chi connectivity index (χ3n) is 1.38. The van der Waals surface area contributed by atoms with Gasteiger partial charge in [0.1, 0.15) is 0 Å². The highest BCUT2D eigenvalue weighted by Crippen LogP contribution is 1.94. The fraction of sp³-hybridized carbons (Fsp3) is 0.625. The summed E-state index contributed by atoms with van der Waals surface area (Å²) in [6.45, 7) is 6.44. The van der Waals surface area contributed by atoms with E-state index in [-0.39, 0.29) is 0 Å². The lowest BCUT2D eigenvalue weighted by Crippen LogP contribution is -2.27. The Kier molecular flexibility index (Phi) is 5.80. The summed E-state index contributed by atoms with van der Waals surface area (Å²) in [4.78, 5) is 0. The maximum absolute atomic E-state index is 8.35. The van der Waals surface area contributed by atoms with E-state index in [2.05, 4.69) is 24.9 Å². The zero-order chi connectivity index (χ0) is 7.82. The molecule has 0 fully saturated rings. The molecule has 10 heavy (non-hydrogen) atoms. The van der Waals surface area contributed by atoms with Crippen molar-refractivity contribution in [2.24, 2.45) is 0 Å². The zero-order valence-corrected chi connectivity index (χ0v) is 6.43. The maximum atomic E-state index is 8.35. The van der Waals surface area contributed by atoms with Crippen LogP contribution in [-0.2, 0) is 0 Å². The molecule has 2 nitrogen and oxygen atoms in total. The van der Waals surface area contributed by atoms with E-state index in [0.29, 0.717) is 12.5 Å². The van der Waals surface area contributed by atoms with E-state index in [1.807, 2.05) is 0 Å². The molecule has 0 aliphatic carbocycles. The third-order valence-corrected chi connectivity index (χ3v) is 1.38. The van der Waals surface area contributed by atoms with Crippen molar-refractivity contribution in [3.05, 3.63) is 12.7 Å². The Labute approximate surface area is 62.5 Å². The summed E-state index contributed by atoms with van der Waals surface area (Å²) >= 11 is 0. The van der Waals surface area contributed by atoms with Gasteiger partial charge in [0.25, 0.3) is 0 Å². The molecular formula is C8H14N2. The molecule has 1 unspecified atom stereocenters. The van der Waals surface area contributed by atoms with Crippen molar-refractivity contribution in [2.75, 3.05) is 6.54 Å². The molecule has 0 amide bonds. The molecule has 0 aromatic heterocycles. The van der Waals surface area contributed by atoms with Crippen molar-refractivity contribution >= 4 is 0 Å². The Morgan fingerprint density at radius 2 is 2.50 bits per heavy atom. The smallest absolute Gasteiger partial charge is 0.0638 e. The zero-order valence-electron chi connectivity index (χ0n) is 6.43. The van der Waals surface area contributed by atoms with Crippen molar-refractivity contribution in [1.29, 1.82) is 5.26 Å². The second kappa shape index (κ2) is 6.31. The molecule has 2 heteroatoms. The Morgan fingerprint density at radius 3 is 2.90 bits per heavy atom. The number of nitrogens with zero attached hydrogens (tertiary/aromatic N) is 1. The lowest BCUT2D eigenvalue weighted by atomic mass is 10.2. The van der Waals surface area contributed by atoms with Crippen LogP contribution in [0.15, 0.2) is 12.7 Å². The van der Waals surface area contributed by atoms with Crippen LogP contribution >= 0.6 is 0 Å². The highest BCUT2D eigenvalue weighted by atomic mass is 14.9. The van der Waals surface area contributed by atoms with Gasteiger partial charge < -0.3 is 5.32 Å². The third kappa shape index (κ3) is 4.11. The summed E-state index contributed by atoms with van der Waals surface area (Å²) in [5.74, 6) is 0. The van der Waals surface area contributed by atoms with E-state index in [9.17, 15) is 0 Å². The van der Waals surface area contributed by atoms with E-state index in [1.165, 1.54) is 0 Å². The molecule has 1 atom stereocenters. The van der Waals surface area contributed by atoms with Gasteiger partial charge in [-0.1, -0.05) is 13.0 Å². The standard InChI is InChI=1S/C8H14N2/c1-3-7-10-8(4-2)5-6-9/h3,8,10H,1,4-5,7H2,2H3. The van der Waals surface area contributed by atoms with Crippen LogP contribution in [0.2, 0.25) is 0 Å².